The molecule has 1 atom stereocenters. The Kier molecular flexibility index (Phi) is 9.90. The Morgan fingerprint density at radius 3 is 2.44 bits per heavy atom. The maximum absolute atomic E-state index is 11.3. The fraction of sp³-hybridized carbons (Fsp3) is 0.889. The summed E-state index contributed by atoms with van der Waals surface area (Å²) >= 11 is 0. The summed E-state index contributed by atoms with van der Waals surface area (Å²) in [7, 11) is -3.23. The predicted octanol–water partition coefficient (Wildman–Crippen LogP) is -0.0560. The van der Waals surface area contributed by atoms with Crippen LogP contribution in [0.25, 0.3) is 0 Å². The first-order valence-corrected chi connectivity index (χ1v) is 6.90. The molecular formula is C9H21ClN2O3S. The minimum Gasteiger partial charge on any atom is -0.355 e. The topological polar surface area (TPSA) is 89.3 Å². The minimum absolute atomic E-state index is 0. The Morgan fingerprint density at radius 1 is 1.44 bits per heavy atom. The number of nitrogens with one attached hydrogen (secondary N) is 1. The summed E-state index contributed by atoms with van der Waals surface area (Å²) in [5.74, 6) is -0.628. The average molecular weight is 273 g/mol. The summed E-state index contributed by atoms with van der Waals surface area (Å²) in [4.78, 5) is 11.2. The van der Waals surface area contributed by atoms with Gasteiger partial charge in [0.25, 0.3) is 0 Å². The van der Waals surface area contributed by atoms with Crippen LogP contribution in [0.2, 0.25) is 0 Å². The lowest BCUT2D eigenvalue weighted by molar-refractivity contribution is -0.118. The largest absolute Gasteiger partial charge is 0.355 e. The Hall–Kier alpha value is -0.330. The summed E-state index contributed by atoms with van der Waals surface area (Å²) in [6.07, 6.45) is 0.537. The lowest BCUT2D eigenvalue weighted by Gasteiger charge is -2.09. The summed E-state index contributed by atoms with van der Waals surface area (Å²) in [6, 6.07) is 0. The monoisotopic (exact) mass is 272 g/mol. The molecule has 7 heteroatoms. The van der Waals surface area contributed by atoms with E-state index in [0.29, 0.717) is 19.5 Å². The second-order valence-electron chi connectivity index (χ2n) is 3.74. The first-order chi connectivity index (χ1) is 6.91. The zero-order valence-corrected chi connectivity index (χ0v) is 11.4. The highest BCUT2D eigenvalue weighted by Gasteiger charge is 2.15. The Labute approximate surface area is 103 Å². The van der Waals surface area contributed by atoms with E-state index in [0.717, 1.165) is 0 Å². The van der Waals surface area contributed by atoms with Gasteiger partial charge < -0.3 is 11.1 Å². The fourth-order valence-electron chi connectivity index (χ4n) is 1.01. The summed E-state index contributed by atoms with van der Waals surface area (Å²) in [5.41, 5.74) is 5.36. The van der Waals surface area contributed by atoms with Gasteiger partial charge in [-0.2, -0.15) is 0 Å². The van der Waals surface area contributed by atoms with Gasteiger partial charge in [-0.3, -0.25) is 4.79 Å². The molecule has 0 aromatic heterocycles. The molecule has 0 fully saturated rings. The number of hydrogen-bond donors (Lipinski definition) is 2. The van der Waals surface area contributed by atoms with E-state index >= 15 is 0 Å². The fourth-order valence-corrected chi connectivity index (χ4v) is 2.27. The summed E-state index contributed by atoms with van der Waals surface area (Å²) in [5, 5.41) is 2.55. The lowest BCUT2D eigenvalue weighted by atomic mass is 10.2. The van der Waals surface area contributed by atoms with Crippen LogP contribution in [0.3, 0.4) is 0 Å². The van der Waals surface area contributed by atoms with Gasteiger partial charge in [-0.05, 0) is 18.9 Å². The molecule has 1 unspecified atom stereocenters. The highest BCUT2D eigenvalue weighted by molar-refractivity contribution is 7.92. The zero-order chi connectivity index (χ0) is 11.9. The van der Waals surface area contributed by atoms with Gasteiger partial charge >= 0.3 is 0 Å². The van der Waals surface area contributed by atoms with Gasteiger partial charge in [0.2, 0.25) is 5.91 Å². The van der Waals surface area contributed by atoms with E-state index < -0.39 is 21.5 Å². The Balaban J connectivity index is 0. The number of carbonyl (C=O) groups is 1. The molecule has 0 saturated heterocycles. The van der Waals surface area contributed by atoms with Crippen molar-refractivity contribution in [3.8, 4) is 0 Å². The molecule has 0 aromatic rings. The number of amides is 1. The molecule has 0 aliphatic carbocycles. The van der Waals surface area contributed by atoms with E-state index in [1.807, 2.05) is 6.92 Å². The van der Waals surface area contributed by atoms with Gasteiger partial charge in [0.1, 0.15) is 5.75 Å². The van der Waals surface area contributed by atoms with Gasteiger partial charge in [-0.1, -0.05) is 13.8 Å². The third-order valence-electron chi connectivity index (χ3n) is 1.92. The molecule has 1 amide bonds. The maximum atomic E-state index is 11.3. The molecule has 0 aliphatic heterocycles. The van der Waals surface area contributed by atoms with Gasteiger partial charge in [0.05, 0.1) is 5.75 Å². The first kappa shape index (κ1) is 18.0. The SMILES string of the molecule is CCCS(=O)(=O)CC(=O)NCC(C)CN.Cl. The minimum atomic E-state index is -3.23. The standard InChI is InChI=1S/C9H20N2O3S.ClH/c1-3-4-15(13,14)7-9(12)11-6-8(2)5-10;/h8H,3-7,10H2,1-2H3,(H,11,12);1H. The zero-order valence-electron chi connectivity index (χ0n) is 9.73. The van der Waals surface area contributed by atoms with E-state index in [4.69, 9.17) is 5.73 Å². The van der Waals surface area contributed by atoms with Crippen LogP contribution in [0, 0.1) is 5.92 Å². The Morgan fingerprint density at radius 2 is 2.00 bits per heavy atom. The van der Waals surface area contributed by atoms with Crippen LogP contribution < -0.4 is 11.1 Å². The molecular weight excluding hydrogens is 252 g/mol. The van der Waals surface area contributed by atoms with Crippen molar-refractivity contribution < 1.29 is 13.2 Å². The van der Waals surface area contributed by atoms with Gasteiger partial charge in [0, 0.05) is 6.54 Å². The molecule has 98 valence electrons. The number of carbonyl (C=O) groups excluding carboxylic acids is 1. The number of sulfone groups is 1. The second-order valence-corrected chi connectivity index (χ2v) is 5.92. The predicted molar refractivity (Wildman–Crippen MR) is 67.4 cm³/mol. The normalized spacial score (nSPS) is 12.7. The molecule has 3 N–H and O–H groups in total. The third kappa shape index (κ3) is 8.94. The molecule has 0 aliphatic rings. The van der Waals surface area contributed by atoms with E-state index in [-0.39, 0.29) is 24.1 Å². The van der Waals surface area contributed by atoms with Crippen molar-refractivity contribution >= 4 is 28.2 Å². The quantitative estimate of drug-likeness (QED) is 0.680. The molecule has 16 heavy (non-hydrogen) atoms. The van der Waals surface area contributed by atoms with Crippen molar-refractivity contribution in [1.82, 2.24) is 5.32 Å². The molecule has 0 radical (unpaired) electrons. The highest BCUT2D eigenvalue weighted by Crippen LogP contribution is 1.94. The van der Waals surface area contributed by atoms with Crippen molar-refractivity contribution in [3.05, 3.63) is 0 Å². The smallest absolute Gasteiger partial charge is 0.235 e. The molecule has 0 saturated carbocycles. The van der Waals surface area contributed by atoms with Crippen LogP contribution in [-0.4, -0.2) is 38.9 Å². The molecule has 0 spiro atoms. The lowest BCUT2D eigenvalue weighted by Crippen LogP contribution is -2.35. The first-order valence-electron chi connectivity index (χ1n) is 5.08. The van der Waals surface area contributed by atoms with Crippen molar-refractivity contribution in [1.29, 1.82) is 0 Å². The number of hydrogen-bond acceptors (Lipinski definition) is 4. The van der Waals surface area contributed by atoms with Crippen molar-refractivity contribution in [2.75, 3.05) is 24.6 Å². The third-order valence-corrected chi connectivity index (χ3v) is 3.65. The molecule has 0 bridgehead atoms. The summed E-state index contributed by atoms with van der Waals surface area (Å²) in [6.45, 7) is 4.56. The van der Waals surface area contributed by atoms with Crippen LogP contribution in [0.15, 0.2) is 0 Å². The average Bonchev–Trinajstić information content (AvgIpc) is 2.13. The van der Waals surface area contributed by atoms with E-state index in [9.17, 15) is 13.2 Å². The number of rotatable bonds is 7. The maximum Gasteiger partial charge on any atom is 0.235 e. The number of halogens is 1. The molecule has 0 aromatic carbocycles. The Bertz CT molecular complexity index is 293. The molecule has 5 nitrogen and oxygen atoms in total. The van der Waals surface area contributed by atoms with Crippen molar-refractivity contribution in [2.45, 2.75) is 20.3 Å². The number of nitrogens with two attached hydrogens (primary N) is 1. The molecule has 0 heterocycles. The summed E-state index contributed by atoms with van der Waals surface area (Å²) < 4.78 is 22.5. The van der Waals surface area contributed by atoms with Gasteiger partial charge in [-0.25, -0.2) is 8.42 Å². The van der Waals surface area contributed by atoms with Crippen LogP contribution in [-0.2, 0) is 14.6 Å². The van der Waals surface area contributed by atoms with Gasteiger partial charge in [-0.15, -0.1) is 12.4 Å². The van der Waals surface area contributed by atoms with Crippen LogP contribution >= 0.6 is 12.4 Å². The van der Waals surface area contributed by atoms with Gasteiger partial charge in [0.15, 0.2) is 9.84 Å². The second kappa shape index (κ2) is 8.78. The van der Waals surface area contributed by atoms with E-state index in [1.54, 1.807) is 6.92 Å². The van der Waals surface area contributed by atoms with Crippen LogP contribution in [0.1, 0.15) is 20.3 Å². The van der Waals surface area contributed by atoms with Crippen molar-refractivity contribution in [3.63, 3.8) is 0 Å². The molecule has 0 rings (SSSR count). The van der Waals surface area contributed by atoms with Crippen molar-refractivity contribution in [2.24, 2.45) is 11.7 Å². The van der Waals surface area contributed by atoms with E-state index in [2.05, 4.69) is 5.32 Å². The highest BCUT2D eigenvalue weighted by atomic mass is 35.5. The van der Waals surface area contributed by atoms with E-state index in [1.165, 1.54) is 0 Å². The van der Waals surface area contributed by atoms with Crippen LogP contribution in [0.5, 0.6) is 0 Å². The van der Waals surface area contributed by atoms with Crippen LogP contribution in [0.4, 0.5) is 0 Å².